The second kappa shape index (κ2) is 2.22. The topological polar surface area (TPSA) is 69.2 Å². The molecule has 0 bridgehead atoms. The van der Waals surface area contributed by atoms with E-state index in [2.05, 4.69) is 5.32 Å². The number of carboxylic acids is 1. The maximum atomic E-state index is 11.0. The zero-order valence-corrected chi connectivity index (χ0v) is 6.51. The van der Waals surface area contributed by atoms with Gasteiger partial charge < -0.3 is 15.2 Å². The molecular weight excluding hydrogens is 146 g/mol. The van der Waals surface area contributed by atoms with Crippen molar-refractivity contribution in [2.24, 2.45) is 5.41 Å². The van der Waals surface area contributed by atoms with Crippen LogP contribution in [0.15, 0.2) is 0 Å². The highest BCUT2D eigenvalue weighted by Gasteiger charge is 2.39. The van der Waals surface area contributed by atoms with E-state index in [-0.39, 0.29) is 5.91 Å². The molecule has 1 aliphatic heterocycles. The Morgan fingerprint density at radius 2 is 2.27 bits per heavy atom. The van der Waals surface area contributed by atoms with Crippen molar-refractivity contribution < 1.29 is 14.7 Å². The Hall–Kier alpha value is -1.06. The molecule has 11 heavy (non-hydrogen) atoms. The van der Waals surface area contributed by atoms with Crippen LogP contribution in [0.1, 0.15) is 20.3 Å². The van der Waals surface area contributed by atoms with Gasteiger partial charge in [-0.3, -0.25) is 4.79 Å². The molecule has 1 saturated heterocycles. The Labute approximate surface area is 64.6 Å². The van der Waals surface area contributed by atoms with E-state index in [0.29, 0.717) is 6.42 Å². The maximum Gasteiger partial charge on any atom is 0.226 e. The van der Waals surface area contributed by atoms with Gasteiger partial charge in [-0.25, -0.2) is 0 Å². The number of amides is 1. The lowest BCUT2D eigenvalue weighted by molar-refractivity contribution is -0.308. The van der Waals surface area contributed by atoms with Crippen molar-refractivity contribution in [3.63, 3.8) is 0 Å². The molecule has 1 amide bonds. The summed E-state index contributed by atoms with van der Waals surface area (Å²) in [5.41, 5.74) is -0.565. The first-order valence-corrected chi connectivity index (χ1v) is 3.45. The molecule has 4 nitrogen and oxygen atoms in total. The molecule has 1 fully saturated rings. The number of carboxylic acid groups (broad SMARTS) is 1. The fraction of sp³-hybridized carbons (Fsp3) is 0.714. The fourth-order valence-corrected chi connectivity index (χ4v) is 1.15. The third-order valence-electron chi connectivity index (χ3n) is 1.92. The molecule has 1 N–H and O–H groups in total. The van der Waals surface area contributed by atoms with Crippen LogP contribution in [0.3, 0.4) is 0 Å². The van der Waals surface area contributed by atoms with Gasteiger partial charge >= 0.3 is 0 Å². The molecule has 0 aliphatic carbocycles. The molecule has 0 aromatic carbocycles. The normalized spacial score (nSPS) is 28.2. The van der Waals surface area contributed by atoms with Crippen LogP contribution in [0.5, 0.6) is 0 Å². The Kier molecular flexibility index (Phi) is 1.62. The van der Waals surface area contributed by atoms with Crippen LogP contribution in [-0.4, -0.2) is 17.9 Å². The Morgan fingerprint density at radius 3 is 2.45 bits per heavy atom. The molecule has 0 spiro atoms. The van der Waals surface area contributed by atoms with Gasteiger partial charge in [0, 0.05) is 5.41 Å². The monoisotopic (exact) mass is 156 g/mol. The summed E-state index contributed by atoms with van der Waals surface area (Å²) in [4.78, 5) is 21.3. The molecule has 0 aromatic rings. The molecule has 4 heteroatoms. The van der Waals surface area contributed by atoms with Gasteiger partial charge in [0.2, 0.25) is 5.91 Å². The van der Waals surface area contributed by atoms with Crippen LogP contribution in [0.2, 0.25) is 0 Å². The van der Waals surface area contributed by atoms with Gasteiger partial charge in [-0.2, -0.15) is 0 Å². The van der Waals surface area contributed by atoms with E-state index >= 15 is 0 Å². The van der Waals surface area contributed by atoms with Gasteiger partial charge in [-0.15, -0.1) is 0 Å². The molecule has 62 valence electrons. The van der Waals surface area contributed by atoms with E-state index in [1.54, 1.807) is 13.8 Å². The van der Waals surface area contributed by atoms with Gasteiger partial charge in [0.1, 0.15) is 0 Å². The summed E-state index contributed by atoms with van der Waals surface area (Å²) < 4.78 is 0. The van der Waals surface area contributed by atoms with E-state index in [0.717, 1.165) is 0 Å². The summed E-state index contributed by atoms with van der Waals surface area (Å²) in [6, 6.07) is -0.808. The first-order chi connectivity index (χ1) is 4.93. The summed E-state index contributed by atoms with van der Waals surface area (Å²) in [6.07, 6.45) is 0.314. The predicted octanol–water partition coefficient (Wildman–Crippen LogP) is -1.35. The van der Waals surface area contributed by atoms with Crippen LogP contribution >= 0.6 is 0 Å². The molecule has 0 radical (unpaired) electrons. The van der Waals surface area contributed by atoms with Gasteiger partial charge in [-0.05, 0) is 6.42 Å². The van der Waals surface area contributed by atoms with Crippen LogP contribution in [0.4, 0.5) is 0 Å². The first kappa shape index (κ1) is 8.04. The van der Waals surface area contributed by atoms with Crippen LogP contribution < -0.4 is 10.4 Å². The average Bonchev–Trinajstić information content (AvgIpc) is 2.08. The van der Waals surface area contributed by atoms with Crippen molar-refractivity contribution in [3.8, 4) is 0 Å². The highest BCUT2D eigenvalue weighted by Crippen LogP contribution is 2.27. The highest BCUT2D eigenvalue weighted by molar-refractivity contribution is 5.90. The molecule has 1 heterocycles. The maximum absolute atomic E-state index is 11.0. The van der Waals surface area contributed by atoms with Gasteiger partial charge in [0.15, 0.2) is 0 Å². The molecule has 1 aliphatic rings. The van der Waals surface area contributed by atoms with Crippen LogP contribution in [0, 0.1) is 5.41 Å². The number of carbonyl (C=O) groups is 2. The third-order valence-corrected chi connectivity index (χ3v) is 1.92. The van der Waals surface area contributed by atoms with E-state index < -0.39 is 17.4 Å². The summed E-state index contributed by atoms with van der Waals surface area (Å²) in [7, 11) is 0. The minimum absolute atomic E-state index is 0.216. The zero-order chi connectivity index (χ0) is 8.65. The number of carbonyl (C=O) groups excluding carboxylic acids is 2. The van der Waals surface area contributed by atoms with E-state index in [4.69, 9.17) is 0 Å². The second-order valence-electron chi connectivity index (χ2n) is 3.43. The molecular formula is C7H10NO3-. The molecule has 1 unspecified atom stereocenters. The molecule has 1 rings (SSSR count). The fourth-order valence-electron chi connectivity index (χ4n) is 1.15. The van der Waals surface area contributed by atoms with Crippen LogP contribution in [0.25, 0.3) is 0 Å². The number of rotatable bonds is 1. The van der Waals surface area contributed by atoms with E-state index in [1.165, 1.54) is 0 Å². The van der Waals surface area contributed by atoms with Crippen molar-refractivity contribution >= 4 is 11.9 Å². The highest BCUT2D eigenvalue weighted by atomic mass is 16.4. The van der Waals surface area contributed by atoms with Crippen molar-refractivity contribution in [2.45, 2.75) is 26.3 Å². The zero-order valence-electron chi connectivity index (χ0n) is 6.51. The summed E-state index contributed by atoms with van der Waals surface area (Å²) in [5.74, 6) is -1.42. The largest absolute Gasteiger partial charge is 0.548 e. The molecule has 0 saturated carbocycles. The van der Waals surface area contributed by atoms with E-state index in [1.807, 2.05) is 0 Å². The third kappa shape index (κ3) is 1.34. The lowest BCUT2D eigenvalue weighted by Crippen LogP contribution is -2.42. The SMILES string of the molecule is CC1(C)CC(C(=O)[O-])NC1=O. The minimum Gasteiger partial charge on any atom is -0.548 e. The standard InChI is InChI=1S/C7H11NO3/c1-7(2)3-4(5(9)10)8-6(7)11/h4H,3H2,1-2H3,(H,8,11)(H,9,10)/p-1. The number of aliphatic carboxylic acids is 1. The number of nitrogens with one attached hydrogen (secondary N) is 1. The number of hydrogen-bond acceptors (Lipinski definition) is 3. The first-order valence-electron chi connectivity index (χ1n) is 3.45. The van der Waals surface area contributed by atoms with E-state index in [9.17, 15) is 14.7 Å². The van der Waals surface area contributed by atoms with Crippen molar-refractivity contribution in [1.82, 2.24) is 5.32 Å². The quantitative estimate of drug-likeness (QED) is 0.510. The average molecular weight is 156 g/mol. The Bertz CT molecular complexity index is 210. The summed E-state index contributed by atoms with van der Waals surface area (Å²) in [5, 5.41) is 12.7. The van der Waals surface area contributed by atoms with Crippen molar-refractivity contribution in [3.05, 3.63) is 0 Å². The number of hydrogen-bond donors (Lipinski definition) is 1. The lowest BCUT2D eigenvalue weighted by Gasteiger charge is -2.12. The molecule has 1 atom stereocenters. The molecule has 0 aromatic heterocycles. The predicted molar refractivity (Wildman–Crippen MR) is 35.3 cm³/mol. The summed E-state index contributed by atoms with van der Waals surface area (Å²) >= 11 is 0. The van der Waals surface area contributed by atoms with Gasteiger partial charge in [0.25, 0.3) is 0 Å². The van der Waals surface area contributed by atoms with Gasteiger partial charge in [0.05, 0.1) is 12.0 Å². The Balaban J connectivity index is 2.72. The smallest absolute Gasteiger partial charge is 0.226 e. The Morgan fingerprint density at radius 1 is 1.73 bits per heavy atom. The van der Waals surface area contributed by atoms with Crippen LogP contribution in [-0.2, 0) is 9.59 Å². The summed E-state index contributed by atoms with van der Waals surface area (Å²) in [6.45, 7) is 3.43. The van der Waals surface area contributed by atoms with Crippen molar-refractivity contribution in [2.75, 3.05) is 0 Å². The second-order valence-corrected chi connectivity index (χ2v) is 3.43. The lowest BCUT2D eigenvalue weighted by atomic mass is 9.90. The van der Waals surface area contributed by atoms with Crippen molar-refractivity contribution in [1.29, 1.82) is 0 Å². The van der Waals surface area contributed by atoms with Gasteiger partial charge in [-0.1, -0.05) is 13.8 Å². The minimum atomic E-state index is -1.20.